The van der Waals surface area contributed by atoms with E-state index in [1.165, 1.54) is 11.1 Å². The minimum Gasteiger partial charge on any atom is -0.343 e. The molecule has 3 rings (SSSR count). The minimum atomic E-state index is 0.303. The van der Waals surface area contributed by atoms with Crippen molar-refractivity contribution in [2.24, 2.45) is 0 Å². The predicted octanol–water partition coefficient (Wildman–Crippen LogP) is 4.26. The van der Waals surface area contributed by atoms with Crippen molar-refractivity contribution in [3.05, 3.63) is 29.3 Å². The van der Waals surface area contributed by atoms with Gasteiger partial charge in [0.25, 0.3) is 0 Å². The van der Waals surface area contributed by atoms with E-state index in [0.717, 1.165) is 59.7 Å². The molecule has 1 aliphatic heterocycles. The first kappa shape index (κ1) is 18.2. The summed E-state index contributed by atoms with van der Waals surface area (Å²) >= 11 is 3.31. The highest BCUT2D eigenvalue weighted by Crippen LogP contribution is 2.31. The first-order valence-corrected chi connectivity index (χ1v) is 10.6. The molecule has 1 fully saturated rings. The van der Waals surface area contributed by atoms with Crippen LogP contribution in [0.15, 0.2) is 22.5 Å². The van der Waals surface area contributed by atoms with E-state index in [-0.39, 0.29) is 0 Å². The SMILES string of the molecule is CCc1cccc(C)c1Nc1nnc(SCCCN2CCCC2=O)s1. The summed E-state index contributed by atoms with van der Waals surface area (Å²) in [6.07, 6.45) is 3.71. The first-order valence-electron chi connectivity index (χ1n) is 8.77. The lowest BCUT2D eigenvalue weighted by Crippen LogP contribution is -2.25. The molecule has 2 aromatic rings. The predicted molar refractivity (Wildman–Crippen MR) is 105 cm³/mol. The lowest BCUT2D eigenvalue weighted by atomic mass is 10.1. The van der Waals surface area contributed by atoms with Crippen LogP contribution in [0.5, 0.6) is 0 Å². The quantitative estimate of drug-likeness (QED) is 0.551. The Morgan fingerprint density at radius 2 is 2.24 bits per heavy atom. The van der Waals surface area contributed by atoms with Crippen LogP contribution in [0, 0.1) is 6.92 Å². The van der Waals surface area contributed by atoms with Crippen molar-refractivity contribution in [3.63, 3.8) is 0 Å². The lowest BCUT2D eigenvalue weighted by molar-refractivity contribution is -0.127. The molecular weight excluding hydrogens is 352 g/mol. The Morgan fingerprint density at radius 1 is 1.36 bits per heavy atom. The standard InChI is InChI=1S/C18H24N4OS2/c1-3-14-8-4-7-13(2)16(14)19-17-20-21-18(25-17)24-12-6-11-22-10-5-9-15(22)23/h4,7-8H,3,5-6,9-12H2,1-2H3,(H,19,20). The first-order chi connectivity index (χ1) is 12.2. The molecule has 134 valence electrons. The van der Waals surface area contributed by atoms with Gasteiger partial charge in [-0.25, -0.2) is 0 Å². The third-order valence-corrected chi connectivity index (χ3v) is 6.41. The van der Waals surface area contributed by atoms with Gasteiger partial charge in [0.05, 0.1) is 0 Å². The number of likely N-dealkylation sites (tertiary alicyclic amines) is 1. The maximum Gasteiger partial charge on any atom is 0.222 e. The van der Waals surface area contributed by atoms with E-state index < -0.39 is 0 Å². The molecule has 1 saturated heterocycles. The van der Waals surface area contributed by atoms with Crippen LogP contribution in [0.2, 0.25) is 0 Å². The van der Waals surface area contributed by atoms with Crippen LogP contribution in [0.1, 0.15) is 37.3 Å². The fourth-order valence-electron chi connectivity index (χ4n) is 2.98. The zero-order valence-corrected chi connectivity index (χ0v) is 16.4. The summed E-state index contributed by atoms with van der Waals surface area (Å²) in [6, 6.07) is 6.34. The summed E-state index contributed by atoms with van der Waals surface area (Å²) in [7, 11) is 0. The van der Waals surface area contributed by atoms with Crippen molar-refractivity contribution < 1.29 is 4.79 Å². The third-order valence-electron chi connectivity index (χ3n) is 4.35. The maximum absolute atomic E-state index is 11.6. The largest absolute Gasteiger partial charge is 0.343 e. The van der Waals surface area contributed by atoms with Gasteiger partial charge in [0, 0.05) is 31.0 Å². The number of nitrogens with one attached hydrogen (secondary N) is 1. The molecule has 25 heavy (non-hydrogen) atoms. The van der Waals surface area contributed by atoms with E-state index in [9.17, 15) is 4.79 Å². The molecule has 2 heterocycles. The molecule has 1 aromatic carbocycles. The molecular formula is C18H24N4OS2. The van der Waals surface area contributed by atoms with Crippen molar-refractivity contribution in [2.75, 3.05) is 24.2 Å². The number of carbonyl (C=O) groups excluding carboxylic acids is 1. The molecule has 1 N–H and O–H groups in total. The molecule has 1 aromatic heterocycles. The van der Waals surface area contributed by atoms with Crippen LogP contribution in [0.4, 0.5) is 10.8 Å². The van der Waals surface area contributed by atoms with Gasteiger partial charge in [-0.15, -0.1) is 10.2 Å². The topological polar surface area (TPSA) is 58.1 Å². The Kier molecular flexibility index (Phi) is 6.31. The summed E-state index contributed by atoms with van der Waals surface area (Å²) in [5.41, 5.74) is 3.66. The van der Waals surface area contributed by atoms with Gasteiger partial charge < -0.3 is 10.2 Å². The molecule has 0 atom stereocenters. The van der Waals surface area contributed by atoms with Crippen LogP contribution < -0.4 is 5.32 Å². The van der Waals surface area contributed by atoms with Gasteiger partial charge in [-0.3, -0.25) is 4.79 Å². The van der Waals surface area contributed by atoms with Gasteiger partial charge in [0.15, 0.2) is 4.34 Å². The summed E-state index contributed by atoms with van der Waals surface area (Å²) < 4.78 is 0.974. The number of aromatic nitrogens is 2. The molecule has 0 unspecified atom stereocenters. The smallest absolute Gasteiger partial charge is 0.222 e. The Morgan fingerprint density at radius 3 is 3.00 bits per heavy atom. The second kappa shape index (κ2) is 8.67. The normalized spacial score (nSPS) is 14.3. The molecule has 0 bridgehead atoms. The van der Waals surface area contributed by atoms with E-state index in [0.29, 0.717) is 5.91 Å². The number of aryl methyl sites for hydroxylation is 2. The highest BCUT2D eigenvalue weighted by atomic mass is 32.2. The second-order valence-corrected chi connectivity index (χ2v) is 8.47. The summed E-state index contributed by atoms with van der Waals surface area (Å²) in [5, 5.41) is 12.8. The maximum atomic E-state index is 11.6. The fraction of sp³-hybridized carbons (Fsp3) is 0.500. The molecule has 0 aliphatic carbocycles. The molecule has 5 nitrogen and oxygen atoms in total. The van der Waals surface area contributed by atoms with Gasteiger partial charge in [-0.05, 0) is 37.3 Å². The highest BCUT2D eigenvalue weighted by Gasteiger charge is 2.19. The van der Waals surface area contributed by atoms with Crippen molar-refractivity contribution in [3.8, 4) is 0 Å². The van der Waals surface area contributed by atoms with E-state index >= 15 is 0 Å². The van der Waals surface area contributed by atoms with Crippen molar-refractivity contribution in [2.45, 2.75) is 43.9 Å². The number of amides is 1. The van der Waals surface area contributed by atoms with Crippen molar-refractivity contribution in [1.82, 2.24) is 15.1 Å². The van der Waals surface area contributed by atoms with Crippen LogP contribution in [-0.2, 0) is 11.2 Å². The lowest BCUT2D eigenvalue weighted by Gasteiger charge is -2.14. The average molecular weight is 377 g/mol. The fourth-order valence-corrected chi connectivity index (χ4v) is 4.73. The van der Waals surface area contributed by atoms with E-state index in [4.69, 9.17) is 0 Å². The number of anilines is 2. The Bertz CT molecular complexity index is 732. The second-order valence-electron chi connectivity index (χ2n) is 6.15. The number of carbonyl (C=O) groups is 1. The Hall–Kier alpha value is -1.60. The molecule has 0 radical (unpaired) electrons. The van der Waals surface area contributed by atoms with Gasteiger partial charge in [-0.2, -0.15) is 0 Å². The number of hydrogen-bond acceptors (Lipinski definition) is 6. The van der Waals surface area contributed by atoms with Crippen LogP contribution in [0.25, 0.3) is 0 Å². The van der Waals surface area contributed by atoms with Crippen molar-refractivity contribution >= 4 is 39.8 Å². The number of thioether (sulfide) groups is 1. The monoisotopic (exact) mass is 376 g/mol. The van der Waals surface area contributed by atoms with Crippen LogP contribution in [0.3, 0.4) is 0 Å². The minimum absolute atomic E-state index is 0.303. The number of para-hydroxylation sites is 1. The van der Waals surface area contributed by atoms with Crippen LogP contribution >= 0.6 is 23.1 Å². The van der Waals surface area contributed by atoms with Gasteiger partial charge in [0.1, 0.15) is 0 Å². The van der Waals surface area contributed by atoms with E-state index in [1.807, 2.05) is 4.90 Å². The highest BCUT2D eigenvalue weighted by molar-refractivity contribution is 8.01. The summed E-state index contributed by atoms with van der Waals surface area (Å²) in [5.74, 6) is 1.26. The molecule has 1 amide bonds. The van der Waals surface area contributed by atoms with Crippen LogP contribution in [-0.4, -0.2) is 39.8 Å². The number of benzene rings is 1. The third kappa shape index (κ3) is 4.73. The number of nitrogens with zero attached hydrogens (tertiary/aromatic N) is 3. The zero-order chi connectivity index (χ0) is 17.6. The summed E-state index contributed by atoms with van der Waals surface area (Å²) in [6.45, 7) is 6.05. The van der Waals surface area contributed by atoms with Gasteiger partial charge in [0.2, 0.25) is 11.0 Å². The number of rotatable bonds is 8. The van der Waals surface area contributed by atoms with E-state index in [1.54, 1.807) is 23.1 Å². The Labute approximate surface area is 157 Å². The zero-order valence-electron chi connectivity index (χ0n) is 14.7. The van der Waals surface area contributed by atoms with Gasteiger partial charge in [-0.1, -0.05) is 48.2 Å². The van der Waals surface area contributed by atoms with E-state index in [2.05, 4.69) is 47.6 Å². The summed E-state index contributed by atoms with van der Waals surface area (Å²) in [4.78, 5) is 13.6. The number of hydrogen-bond donors (Lipinski definition) is 1. The average Bonchev–Trinajstić information content (AvgIpc) is 3.22. The van der Waals surface area contributed by atoms with Gasteiger partial charge >= 0.3 is 0 Å². The molecule has 0 saturated carbocycles. The molecule has 1 aliphatic rings. The Balaban J connectivity index is 1.50. The molecule has 7 heteroatoms. The molecule has 0 spiro atoms. The van der Waals surface area contributed by atoms with Crippen molar-refractivity contribution in [1.29, 1.82) is 0 Å².